The minimum Gasteiger partial charge on any atom is -0.497 e. The molecule has 0 aliphatic rings. The van der Waals surface area contributed by atoms with Crippen molar-refractivity contribution in [1.82, 2.24) is 0 Å². The van der Waals surface area contributed by atoms with Crippen molar-refractivity contribution in [2.24, 2.45) is 0 Å². The van der Waals surface area contributed by atoms with Crippen LogP contribution in [-0.4, -0.2) is 33.9 Å². The second-order valence-corrected chi connectivity index (χ2v) is 5.90. The molecule has 1 rings (SSSR count). The van der Waals surface area contributed by atoms with E-state index in [0.29, 0.717) is 18.0 Å². The smallest absolute Gasteiger partial charge is 0.305 e. The van der Waals surface area contributed by atoms with Crippen LogP contribution in [0.5, 0.6) is 5.75 Å². The highest BCUT2D eigenvalue weighted by atomic mass is 32.2. The number of carbonyl (C=O) groups excluding carboxylic acids is 1. The van der Waals surface area contributed by atoms with Crippen molar-refractivity contribution in [3.63, 3.8) is 0 Å². The minimum absolute atomic E-state index is 0.0946. The number of esters is 1. The Kier molecular flexibility index (Phi) is 6.30. The molecular formula is C13H19NO5S. The number of ether oxygens (including phenoxy) is 2. The maximum atomic E-state index is 11.8. The van der Waals surface area contributed by atoms with Crippen LogP contribution in [0.1, 0.15) is 19.8 Å². The van der Waals surface area contributed by atoms with Gasteiger partial charge in [0.25, 0.3) is 0 Å². The summed E-state index contributed by atoms with van der Waals surface area (Å²) >= 11 is 0. The molecule has 0 saturated carbocycles. The highest BCUT2D eigenvalue weighted by Gasteiger charge is 2.12. The molecule has 0 radical (unpaired) electrons. The Labute approximate surface area is 119 Å². The number of hydrogen-bond donors (Lipinski definition) is 1. The van der Waals surface area contributed by atoms with Gasteiger partial charge in [0.2, 0.25) is 10.0 Å². The lowest BCUT2D eigenvalue weighted by molar-refractivity contribution is -0.143. The van der Waals surface area contributed by atoms with Gasteiger partial charge in [0.15, 0.2) is 0 Å². The summed E-state index contributed by atoms with van der Waals surface area (Å²) in [6.07, 6.45) is 0.321. The van der Waals surface area contributed by atoms with Crippen LogP contribution in [0.25, 0.3) is 0 Å². The second kappa shape index (κ2) is 7.74. The quantitative estimate of drug-likeness (QED) is 0.740. The third kappa shape index (κ3) is 5.92. The zero-order chi connectivity index (χ0) is 15.0. The van der Waals surface area contributed by atoms with E-state index in [1.807, 2.05) is 0 Å². The number of rotatable bonds is 8. The number of sulfonamides is 1. The predicted octanol–water partition coefficient (Wildman–Crippen LogP) is 1.78. The van der Waals surface area contributed by atoms with E-state index in [0.717, 1.165) is 0 Å². The molecule has 20 heavy (non-hydrogen) atoms. The molecule has 0 bridgehead atoms. The number of carbonyl (C=O) groups is 1. The molecule has 0 aromatic heterocycles. The Balaban J connectivity index is 2.46. The summed E-state index contributed by atoms with van der Waals surface area (Å²) < 4.78 is 35.8. The normalized spacial score (nSPS) is 10.9. The highest BCUT2D eigenvalue weighted by Crippen LogP contribution is 2.16. The lowest BCUT2D eigenvalue weighted by Gasteiger charge is -2.08. The van der Waals surface area contributed by atoms with Crippen molar-refractivity contribution in [3.05, 3.63) is 24.3 Å². The largest absolute Gasteiger partial charge is 0.497 e. The molecule has 0 unspecified atom stereocenters. The van der Waals surface area contributed by atoms with Crippen LogP contribution >= 0.6 is 0 Å². The molecule has 0 fully saturated rings. The zero-order valence-electron chi connectivity index (χ0n) is 11.6. The number of nitrogens with one attached hydrogen (secondary N) is 1. The molecule has 1 aromatic carbocycles. The van der Waals surface area contributed by atoms with Crippen molar-refractivity contribution in [3.8, 4) is 5.75 Å². The summed E-state index contributed by atoms with van der Waals surface area (Å²) in [5.41, 5.74) is 0.460. The Bertz CT molecular complexity index is 524. The van der Waals surface area contributed by atoms with Crippen LogP contribution in [-0.2, 0) is 19.6 Å². The highest BCUT2D eigenvalue weighted by molar-refractivity contribution is 7.92. The van der Waals surface area contributed by atoms with E-state index >= 15 is 0 Å². The van der Waals surface area contributed by atoms with Crippen LogP contribution in [0.15, 0.2) is 24.3 Å². The number of hydrogen-bond acceptors (Lipinski definition) is 5. The summed E-state index contributed by atoms with van der Waals surface area (Å²) in [4.78, 5) is 11.1. The first-order chi connectivity index (χ1) is 9.46. The third-order valence-corrected chi connectivity index (χ3v) is 3.84. The summed E-state index contributed by atoms with van der Waals surface area (Å²) in [5, 5.41) is 0. The minimum atomic E-state index is -3.46. The average molecular weight is 301 g/mol. The van der Waals surface area contributed by atoms with E-state index in [2.05, 4.69) is 4.72 Å². The van der Waals surface area contributed by atoms with Gasteiger partial charge in [-0.3, -0.25) is 9.52 Å². The Morgan fingerprint density at radius 1 is 1.25 bits per heavy atom. The van der Waals surface area contributed by atoms with E-state index in [9.17, 15) is 13.2 Å². The van der Waals surface area contributed by atoms with Crippen LogP contribution < -0.4 is 9.46 Å². The van der Waals surface area contributed by atoms with Gasteiger partial charge in [-0.2, -0.15) is 0 Å². The van der Waals surface area contributed by atoms with Gasteiger partial charge in [-0.25, -0.2) is 8.42 Å². The van der Waals surface area contributed by atoms with Crippen LogP contribution in [0.4, 0.5) is 5.69 Å². The van der Waals surface area contributed by atoms with Gasteiger partial charge < -0.3 is 9.47 Å². The molecule has 0 aliphatic heterocycles. The van der Waals surface area contributed by atoms with E-state index in [4.69, 9.17) is 9.47 Å². The molecular weight excluding hydrogens is 282 g/mol. The molecule has 0 saturated heterocycles. The van der Waals surface area contributed by atoms with Gasteiger partial charge in [0.05, 0.1) is 19.5 Å². The zero-order valence-corrected chi connectivity index (χ0v) is 12.4. The van der Waals surface area contributed by atoms with Gasteiger partial charge >= 0.3 is 5.97 Å². The Hall–Kier alpha value is -1.76. The Morgan fingerprint density at radius 3 is 2.45 bits per heavy atom. The van der Waals surface area contributed by atoms with Gasteiger partial charge in [-0.15, -0.1) is 0 Å². The fourth-order valence-electron chi connectivity index (χ4n) is 1.53. The SMILES string of the molecule is CCOC(=O)CCCS(=O)(=O)Nc1ccc(OC)cc1. The van der Waals surface area contributed by atoms with Crippen molar-refractivity contribution < 1.29 is 22.7 Å². The molecule has 1 aromatic rings. The van der Waals surface area contributed by atoms with Gasteiger partial charge in [-0.05, 0) is 37.6 Å². The average Bonchev–Trinajstić information content (AvgIpc) is 2.39. The van der Waals surface area contributed by atoms with Crippen molar-refractivity contribution in [2.75, 3.05) is 24.2 Å². The summed E-state index contributed by atoms with van der Waals surface area (Å²) in [6, 6.07) is 6.55. The molecule has 1 N–H and O–H groups in total. The third-order valence-electron chi connectivity index (χ3n) is 2.46. The Morgan fingerprint density at radius 2 is 1.90 bits per heavy atom. The molecule has 0 spiro atoms. The number of methoxy groups -OCH3 is 1. The maximum Gasteiger partial charge on any atom is 0.305 e. The first-order valence-corrected chi connectivity index (χ1v) is 7.92. The fourth-order valence-corrected chi connectivity index (χ4v) is 2.65. The molecule has 6 nitrogen and oxygen atoms in total. The summed E-state index contributed by atoms with van der Waals surface area (Å²) in [5.74, 6) is 0.139. The fraction of sp³-hybridized carbons (Fsp3) is 0.462. The molecule has 0 atom stereocenters. The van der Waals surface area contributed by atoms with E-state index < -0.39 is 10.0 Å². The number of benzene rings is 1. The van der Waals surface area contributed by atoms with E-state index in [-0.39, 0.29) is 24.6 Å². The molecule has 0 aliphatic carbocycles. The predicted molar refractivity (Wildman–Crippen MR) is 76.3 cm³/mol. The first-order valence-electron chi connectivity index (χ1n) is 6.27. The molecule has 0 amide bonds. The summed E-state index contributed by atoms with van der Waals surface area (Å²) in [7, 11) is -1.93. The molecule has 7 heteroatoms. The van der Waals surface area contributed by atoms with Crippen LogP contribution in [0.2, 0.25) is 0 Å². The van der Waals surface area contributed by atoms with Crippen molar-refractivity contribution in [2.45, 2.75) is 19.8 Å². The lowest BCUT2D eigenvalue weighted by atomic mass is 10.3. The van der Waals surface area contributed by atoms with Gasteiger partial charge in [-0.1, -0.05) is 0 Å². The monoisotopic (exact) mass is 301 g/mol. The molecule has 112 valence electrons. The van der Waals surface area contributed by atoms with Crippen LogP contribution in [0.3, 0.4) is 0 Å². The van der Waals surface area contributed by atoms with Crippen molar-refractivity contribution in [1.29, 1.82) is 0 Å². The summed E-state index contributed by atoms with van der Waals surface area (Å²) in [6.45, 7) is 2.01. The number of anilines is 1. The van der Waals surface area contributed by atoms with E-state index in [1.54, 1.807) is 31.2 Å². The van der Waals surface area contributed by atoms with Crippen LogP contribution in [0, 0.1) is 0 Å². The van der Waals surface area contributed by atoms with Crippen molar-refractivity contribution >= 4 is 21.7 Å². The second-order valence-electron chi connectivity index (χ2n) is 4.06. The van der Waals surface area contributed by atoms with Gasteiger partial charge in [0, 0.05) is 12.1 Å². The maximum absolute atomic E-state index is 11.8. The van der Waals surface area contributed by atoms with Gasteiger partial charge in [0.1, 0.15) is 5.75 Å². The standard InChI is InChI=1S/C13H19NO5S/c1-3-19-13(15)5-4-10-20(16,17)14-11-6-8-12(18-2)9-7-11/h6-9,14H,3-5,10H2,1-2H3. The first kappa shape index (κ1) is 16.3. The van der Waals surface area contributed by atoms with E-state index in [1.165, 1.54) is 7.11 Å². The topological polar surface area (TPSA) is 81.7 Å². The lowest BCUT2D eigenvalue weighted by Crippen LogP contribution is -2.17. The molecule has 0 heterocycles.